The average molecular weight is 1230 g/mol. The van der Waals surface area contributed by atoms with Crippen LogP contribution in [0.2, 0.25) is 0 Å². The number of carbonyl (C=O) groups excluding carboxylic acids is 11. The van der Waals surface area contributed by atoms with E-state index >= 15 is 0 Å². The molecule has 16 atom stereocenters. The Kier molecular flexibility index (Phi) is 31.1. The molecule has 0 saturated carbocycles. The molecule has 0 aromatic heterocycles. The van der Waals surface area contributed by atoms with Crippen LogP contribution >= 0.6 is 0 Å². The van der Waals surface area contributed by atoms with Crippen LogP contribution in [0.3, 0.4) is 0 Å². The van der Waals surface area contributed by atoms with Crippen molar-refractivity contribution in [2.75, 3.05) is 26.4 Å². The smallest absolute Gasteiger partial charge is 0.248 e. The zero-order chi connectivity index (χ0) is 64.4. The van der Waals surface area contributed by atoms with Gasteiger partial charge in [-0.3, -0.25) is 52.7 Å². The number of amides is 11. The third kappa shape index (κ3) is 23.9. The number of aliphatic hydroxyl groups is 9. The lowest BCUT2D eigenvalue weighted by atomic mass is 9.94. The molecule has 2 saturated heterocycles. The number of nitrogens with one attached hydrogen (secondary N) is 8. The van der Waals surface area contributed by atoms with Gasteiger partial charge in [0.05, 0.1) is 51.4 Å². The topological polar surface area (TPSA) is 583 Å². The highest BCUT2D eigenvalue weighted by atomic mass is 16.7. The molecule has 34 heteroatoms. The number of benzene rings is 1. The summed E-state index contributed by atoms with van der Waals surface area (Å²) in [6, 6.07) is -10.6. The Morgan fingerprint density at radius 3 is 1.67 bits per heavy atom. The Bertz CT molecular complexity index is 2450. The largest absolute Gasteiger partial charge is 0.508 e. The molecular formula is C52H83N11O23. The number of ether oxygens (including phenoxy) is 2. The molecule has 1 aromatic carbocycles. The van der Waals surface area contributed by atoms with Crippen LogP contribution in [-0.4, -0.2) is 234 Å². The summed E-state index contributed by atoms with van der Waals surface area (Å²) in [6.07, 6.45) is -13.7. The number of rotatable bonds is 26. The van der Waals surface area contributed by atoms with Gasteiger partial charge in [0.2, 0.25) is 65.0 Å². The van der Waals surface area contributed by atoms with Crippen LogP contribution in [-0.2, 0) is 62.2 Å². The quantitative estimate of drug-likeness (QED) is 0.0383. The van der Waals surface area contributed by atoms with Crippen molar-refractivity contribution in [1.82, 2.24) is 42.5 Å². The van der Waals surface area contributed by atoms with Gasteiger partial charge in [-0.15, -0.1) is 0 Å². The Morgan fingerprint density at radius 2 is 1.12 bits per heavy atom. The first-order valence-electron chi connectivity index (χ1n) is 27.9. The molecule has 0 unspecified atom stereocenters. The SMILES string of the molecule is CCCCCCCCCCC[C@H](O[C@H]1OC[C@H](O)[C@@H](O)[C@@H]1O)[C@H](O)[C@@H](O)C[C@H]1CC(=O)N[C@H](CO)C(=O)N[C@H]([C@@H](O)c2ccc(O)cc2)C(=O)N[C@H](CC(N)=O)C(=O)NCC(=O)N[C@@H](CC(N)=O)C(=O)N[C@@H](CO)C(=O)N[C@@H]([C@H](O)C(N)=O)C(=O)N1. The summed E-state index contributed by atoms with van der Waals surface area (Å²) in [6.45, 7) is -2.19. The Hall–Kier alpha value is -7.25. The van der Waals surface area contributed by atoms with Gasteiger partial charge in [0, 0.05) is 12.5 Å². The number of nitrogens with two attached hydrogens (primary N) is 3. The molecule has 2 fully saturated rings. The molecule has 0 bridgehead atoms. The van der Waals surface area contributed by atoms with Gasteiger partial charge in [-0.05, 0) is 30.5 Å². The van der Waals surface area contributed by atoms with E-state index in [1.165, 1.54) is 0 Å². The molecule has 11 amide bonds. The highest BCUT2D eigenvalue weighted by Gasteiger charge is 2.43. The van der Waals surface area contributed by atoms with Crippen molar-refractivity contribution >= 4 is 65.0 Å². The van der Waals surface area contributed by atoms with Gasteiger partial charge in [0.15, 0.2) is 12.4 Å². The molecule has 1 aromatic rings. The van der Waals surface area contributed by atoms with Gasteiger partial charge < -0.3 is 120 Å². The molecule has 86 heavy (non-hydrogen) atoms. The maximum atomic E-state index is 14.2. The van der Waals surface area contributed by atoms with Crippen LogP contribution in [0, 0.1) is 0 Å². The number of carbonyl (C=O) groups is 11. The molecule has 2 aliphatic heterocycles. The molecular weight excluding hydrogens is 1150 g/mol. The van der Waals surface area contributed by atoms with Crippen LogP contribution in [0.4, 0.5) is 0 Å². The standard InChI is InChI=1S/C52H83N11O23/c1-2-3-4-5-6-7-8-9-10-11-33(86-52-44(77)42(75)32(68)23-85-52)41(74)31(67)16-25-17-36(71)59-29(21-64)48(81)62-38(40(73)24-12-14-26(66)15-13-24)51(84)60-27(18-34(53)69)46(79)56-20-37(72)58-28(19-35(54)70)47(80)61-30(22-65)49(82)63-39(50(83)57-25)43(76)45(55)78/h12-15,25,27-33,38-44,52,64-68,73-77H,2-11,16-23H2,1H3,(H2,53,69)(H2,54,70)(H2,55,78)(H,56,79)(H,57,83)(H,58,72)(H,59,71)(H,60,84)(H,61,80)(H,62,81)(H,63,82)/t25-,27+,28-,29+,30-,31-,32-,33-,38+,39-,40-,41+,42+,43-,44-,52+/m0/s1. The van der Waals surface area contributed by atoms with Gasteiger partial charge >= 0.3 is 0 Å². The first kappa shape index (κ1) is 73.0. The van der Waals surface area contributed by atoms with Crippen molar-refractivity contribution in [2.24, 2.45) is 17.2 Å². The van der Waals surface area contributed by atoms with Gasteiger partial charge in [-0.25, -0.2) is 0 Å². The van der Waals surface area contributed by atoms with E-state index < -0.39 is 214 Å². The number of aliphatic hydroxyl groups excluding tert-OH is 9. The summed E-state index contributed by atoms with van der Waals surface area (Å²) in [7, 11) is 0. The summed E-state index contributed by atoms with van der Waals surface area (Å²) in [5.74, 6) is -15.9. The Morgan fingerprint density at radius 1 is 0.616 bits per heavy atom. The van der Waals surface area contributed by atoms with Gasteiger partial charge in [0.25, 0.3) is 0 Å². The van der Waals surface area contributed by atoms with E-state index in [2.05, 4.69) is 28.2 Å². The minimum Gasteiger partial charge on any atom is -0.508 e. The number of aromatic hydroxyl groups is 1. The lowest BCUT2D eigenvalue weighted by molar-refractivity contribution is -0.293. The van der Waals surface area contributed by atoms with Crippen molar-refractivity contribution in [1.29, 1.82) is 0 Å². The fourth-order valence-corrected chi connectivity index (χ4v) is 9.08. The van der Waals surface area contributed by atoms with Gasteiger partial charge in [-0.2, -0.15) is 0 Å². The molecule has 24 N–H and O–H groups in total. The predicted octanol–water partition coefficient (Wildman–Crippen LogP) is -9.22. The number of phenols is 1. The number of phenolic OH excluding ortho intramolecular Hbond substituents is 1. The normalized spacial score (nSPS) is 27.3. The second-order valence-electron chi connectivity index (χ2n) is 20.9. The fraction of sp³-hybridized carbons (Fsp3) is 0.673. The Balaban J connectivity index is 2.17. The minimum atomic E-state index is -2.68. The predicted molar refractivity (Wildman–Crippen MR) is 292 cm³/mol. The fourth-order valence-electron chi connectivity index (χ4n) is 9.08. The second kappa shape index (κ2) is 36.7. The van der Waals surface area contributed by atoms with Crippen molar-refractivity contribution in [3.63, 3.8) is 0 Å². The van der Waals surface area contributed by atoms with Gasteiger partial charge in [-0.1, -0.05) is 76.8 Å². The van der Waals surface area contributed by atoms with Crippen LogP contribution in [0.25, 0.3) is 0 Å². The summed E-state index contributed by atoms with van der Waals surface area (Å²) < 4.78 is 11.3. The highest BCUT2D eigenvalue weighted by Crippen LogP contribution is 2.25. The van der Waals surface area contributed by atoms with E-state index in [-0.39, 0.29) is 17.7 Å². The maximum Gasteiger partial charge on any atom is 0.248 e. The van der Waals surface area contributed by atoms with Crippen molar-refractivity contribution < 1.29 is 113 Å². The zero-order valence-electron chi connectivity index (χ0n) is 47.3. The van der Waals surface area contributed by atoms with Gasteiger partial charge in [0.1, 0.15) is 72.5 Å². The van der Waals surface area contributed by atoms with E-state index in [4.69, 9.17) is 26.7 Å². The highest BCUT2D eigenvalue weighted by molar-refractivity contribution is 6.00. The van der Waals surface area contributed by atoms with E-state index in [0.29, 0.717) is 12.8 Å². The van der Waals surface area contributed by atoms with E-state index in [1.807, 2.05) is 21.3 Å². The molecule has 484 valence electrons. The first-order chi connectivity index (χ1) is 40.6. The van der Waals surface area contributed by atoms with Crippen LogP contribution in [0.5, 0.6) is 5.75 Å². The molecule has 0 spiro atoms. The number of primary amides is 3. The lowest BCUT2D eigenvalue weighted by Gasteiger charge is -2.38. The number of unbranched alkanes of at least 4 members (excludes halogenated alkanes) is 8. The number of hydrogen-bond acceptors (Lipinski definition) is 23. The first-order valence-corrected chi connectivity index (χ1v) is 27.9. The molecule has 0 radical (unpaired) electrons. The maximum absolute atomic E-state index is 14.2. The zero-order valence-corrected chi connectivity index (χ0v) is 47.3. The summed E-state index contributed by atoms with van der Waals surface area (Å²) in [5, 5.41) is 124. The average Bonchev–Trinajstić information content (AvgIpc) is 3.43. The Labute approximate surface area is 493 Å². The van der Waals surface area contributed by atoms with Crippen molar-refractivity contribution in [2.45, 2.75) is 194 Å². The molecule has 34 nitrogen and oxygen atoms in total. The van der Waals surface area contributed by atoms with Crippen LogP contribution in [0.1, 0.15) is 108 Å². The van der Waals surface area contributed by atoms with Crippen LogP contribution < -0.4 is 59.7 Å². The second-order valence-corrected chi connectivity index (χ2v) is 20.9. The summed E-state index contributed by atoms with van der Waals surface area (Å²) in [4.78, 5) is 147. The molecule has 2 aliphatic rings. The third-order valence-electron chi connectivity index (χ3n) is 13.9. The van der Waals surface area contributed by atoms with E-state index in [9.17, 15) is 104 Å². The third-order valence-corrected chi connectivity index (χ3v) is 13.9. The molecule has 3 rings (SSSR count). The monoisotopic (exact) mass is 1230 g/mol. The summed E-state index contributed by atoms with van der Waals surface area (Å²) in [5.41, 5.74) is 15.8. The van der Waals surface area contributed by atoms with E-state index in [1.54, 1.807) is 0 Å². The van der Waals surface area contributed by atoms with E-state index in [0.717, 1.165) is 69.2 Å². The number of hydrogen-bond donors (Lipinski definition) is 21. The van der Waals surface area contributed by atoms with Crippen LogP contribution in [0.15, 0.2) is 24.3 Å². The van der Waals surface area contributed by atoms with Crippen molar-refractivity contribution in [3.05, 3.63) is 29.8 Å². The summed E-state index contributed by atoms with van der Waals surface area (Å²) >= 11 is 0. The lowest BCUT2D eigenvalue weighted by Crippen LogP contribution is -2.63. The van der Waals surface area contributed by atoms with Crippen molar-refractivity contribution in [3.8, 4) is 5.75 Å². The molecule has 0 aliphatic carbocycles. The minimum absolute atomic E-state index is 0.0549. The molecule has 2 heterocycles.